The van der Waals surface area contributed by atoms with Gasteiger partial charge in [0.1, 0.15) is 13.2 Å². The fourth-order valence-corrected chi connectivity index (χ4v) is 2.39. The third kappa shape index (κ3) is 3.38. The molecule has 0 radical (unpaired) electrons. The van der Waals surface area contributed by atoms with Crippen LogP contribution >= 0.6 is 0 Å². The number of anilines is 1. The van der Waals surface area contributed by atoms with Crippen molar-refractivity contribution in [3.8, 4) is 17.6 Å². The van der Waals surface area contributed by atoms with Gasteiger partial charge in [0.2, 0.25) is 0 Å². The molecule has 0 amide bonds. The molecule has 2 aromatic carbocycles. The molecule has 0 unspecified atom stereocenters. The number of benzene rings is 2. The second-order valence-corrected chi connectivity index (χ2v) is 5.20. The fourth-order valence-electron chi connectivity index (χ4n) is 2.39. The van der Waals surface area contributed by atoms with Crippen molar-refractivity contribution in [2.24, 2.45) is 0 Å². The van der Waals surface area contributed by atoms with Gasteiger partial charge in [-0.05, 0) is 35.9 Å². The highest BCUT2D eigenvalue weighted by atomic mass is 19.4. The first-order valence-corrected chi connectivity index (χ1v) is 7.21. The summed E-state index contributed by atoms with van der Waals surface area (Å²) in [5.74, 6) is 1.28. The van der Waals surface area contributed by atoms with Gasteiger partial charge >= 0.3 is 6.18 Å². The standard InChI is InChI=1S/C17H13F3N2O2/c18-17(19,20)14-8-13(3-2-12(14)9-21)22-10-11-1-4-15-16(7-11)24-6-5-23-15/h1-4,7-8,22H,5-6,10H2. The predicted molar refractivity (Wildman–Crippen MR) is 80.9 cm³/mol. The van der Waals surface area contributed by atoms with Gasteiger partial charge in [-0.2, -0.15) is 18.4 Å². The van der Waals surface area contributed by atoms with Gasteiger partial charge in [-0.25, -0.2) is 0 Å². The summed E-state index contributed by atoms with van der Waals surface area (Å²) in [6, 6.07) is 10.5. The van der Waals surface area contributed by atoms with Gasteiger partial charge in [-0.3, -0.25) is 0 Å². The summed E-state index contributed by atoms with van der Waals surface area (Å²) in [7, 11) is 0. The third-order valence-electron chi connectivity index (χ3n) is 3.55. The molecule has 2 aromatic rings. The van der Waals surface area contributed by atoms with Gasteiger partial charge in [-0.1, -0.05) is 6.07 Å². The minimum Gasteiger partial charge on any atom is -0.486 e. The molecular formula is C17H13F3N2O2. The Morgan fingerprint density at radius 3 is 2.50 bits per heavy atom. The molecule has 0 saturated carbocycles. The number of nitriles is 1. The van der Waals surface area contributed by atoms with Crippen LogP contribution in [0.3, 0.4) is 0 Å². The minimum absolute atomic E-state index is 0.288. The quantitative estimate of drug-likeness (QED) is 0.923. The van der Waals surface area contributed by atoms with Crippen molar-refractivity contribution in [3.05, 3.63) is 53.1 Å². The summed E-state index contributed by atoms with van der Waals surface area (Å²) in [4.78, 5) is 0. The average molecular weight is 334 g/mol. The van der Waals surface area contributed by atoms with Crippen LogP contribution < -0.4 is 14.8 Å². The van der Waals surface area contributed by atoms with Crippen molar-refractivity contribution in [1.82, 2.24) is 0 Å². The van der Waals surface area contributed by atoms with E-state index in [1.807, 2.05) is 6.07 Å². The van der Waals surface area contributed by atoms with Crippen LogP contribution in [0.25, 0.3) is 0 Å². The van der Waals surface area contributed by atoms with E-state index in [0.29, 0.717) is 31.3 Å². The van der Waals surface area contributed by atoms with E-state index >= 15 is 0 Å². The predicted octanol–water partition coefficient (Wildman–Crippen LogP) is 3.96. The number of rotatable bonds is 3. The lowest BCUT2D eigenvalue weighted by atomic mass is 10.1. The second-order valence-electron chi connectivity index (χ2n) is 5.20. The Morgan fingerprint density at radius 1 is 1.04 bits per heavy atom. The number of fused-ring (bicyclic) bond motifs is 1. The number of nitrogens with one attached hydrogen (secondary N) is 1. The van der Waals surface area contributed by atoms with E-state index in [0.717, 1.165) is 17.7 Å². The largest absolute Gasteiger partial charge is 0.486 e. The first kappa shape index (κ1) is 16.0. The lowest BCUT2D eigenvalue weighted by Gasteiger charge is -2.19. The molecule has 0 saturated heterocycles. The SMILES string of the molecule is N#Cc1ccc(NCc2ccc3c(c2)OCCO3)cc1C(F)(F)F. The Labute approximate surface area is 136 Å². The minimum atomic E-state index is -4.57. The summed E-state index contributed by atoms with van der Waals surface area (Å²) in [5, 5.41) is 11.7. The Bertz CT molecular complexity index is 797. The molecule has 1 heterocycles. The first-order chi connectivity index (χ1) is 11.5. The fraction of sp³-hybridized carbons (Fsp3) is 0.235. The molecule has 0 atom stereocenters. The molecule has 0 bridgehead atoms. The van der Waals surface area contributed by atoms with Gasteiger partial charge in [0, 0.05) is 12.2 Å². The van der Waals surface area contributed by atoms with Gasteiger partial charge in [-0.15, -0.1) is 0 Å². The van der Waals surface area contributed by atoms with E-state index in [2.05, 4.69) is 5.32 Å². The summed E-state index contributed by atoms with van der Waals surface area (Å²) >= 11 is 0. The number of ether oxygens (including phenoxy) is 2. The highest BCUT2D eigenvalue weighted by Gasteiger charge is 2.33. The zero-order valence-corrected chi connectivity index (χ0v) is 12.5. The summed E-state index contributed by atoms with van der Waals surface area (Å²) in [6.45, 7) is 1.28. The molecule has 0 aliphatic carbocycles. The average Bonchev–Trinajstić information content (AvgIpc) is 2.58. The summed E-state index contributed by atoms with van der Waals surface area (Å²) < 4.78 is 49.8. The first-order valence-electron chi connectivity index (χ1n) is 7.21. The number of hydrogen-bond donors (Lipinski definition) is 1. The topological polar surface area (TPSA) is 54.3 Å². The number of alkyl halides is 3. The van der Waals surface area contributed by atoms with Crippen molar-refractivity contribution >= 4 is 5.69 Å². The molecule has 7 heteroatoms. The van der Waals surface area contributed by atoms with Gasteiger partial charge in [0.25, 0.3) is 0 Å². The van der Waals surface area contributed by atoms with E-state index < -0.39 is 17.3 Å². The molecule has 4 nitrogen and oxygen atoms in total. The lowest BCUT2D eigenvalue weighted by Crippen LogP contribution is -2.15. The summed E-state index contributed by atoms with van der Waals surface area (Å²) in [6.07, 6.45) is -4.57. The molecule has 3 rings (SSSR count). The van der Waals surface area contributed by atoms with Crippen LogP contribution in [0.1, 0.15) is 16.7 Å². The summed E-state index contributed by atoms with van der Waals surface area (Å²) in [5.41, 5.74) is -0.210. The van der Waals surface area contributed by atoms with E-state index in [-0.39, 0.29) is 5.69 Å². The van der Waals surface area contributed by atoms with Gasteiger partial charge < -0.3 is 14.8 Å². The van der Waals surface area contributed by atoms with Crippen molar-refractivity contribution in [2.75, 3.05) is 18.5 Å². The second kappa shape index (κ2) is 6.32. The molecule has 0 fully saturated rings. The van der Waals surface area contributed by atoms with E-state index in [1.54, 1.807) is 18.2 Å². The molecule has 0 spiro atoms. The lowest BCUT2D eigenvalue weighted by molar-refractivity contribution is -0.137. The molecule has 1 N–H and O–H groups in total. The van der Waals surface area contributed by atoms with Crippen molar-refractivity contribution in [3.63, 3.8) is 0 Å². The Hall–Kier alpha value is -2.88. The normalized spacial score (nSPS) is 13.2. The number of hydrogen-bond acceptors (Lipinski definition) is 4. The molecule has 24 heavy (non-hydrogen) atoms. The zero-order chi connectivity index (χ0) is 17.2. The number of nitrogens with zero attached hydrogens (tertiary/aromatic N) is 1. The van der Waals surface area contributed by atoms with Crippen molar-refractivity contribution < 1.29 is 22.6 Å². The van der Waals surface area contributed by atoms with Crippen molar-refractivity contribution in [2.45, 2.75) is 12.7 Å². The van der Waals surface area contributed by atoms with Crippen LogP contribution in [0.5, 0.6) is 11.5 Å². The van der Waals surface area contributed by atoms with Gasteiger partial charge in [0.15, 0.2) is 11.5 Å². The highest BCUT2D eigenvalue weighted by molar-refractivity contribution is 5.54. The van der Waals surface area contributed by atoms with E-state index in [9.17, 15) is 13.2 Å². The van der Waals surface area contributed by atoms with Crippen molar-refractivity contribution in [1.29, 1.82) is 5.26 Å². The van der Waals surface area contributed by atoms with Crippen LogP contribution in [0.15, 0.2) is 36.4 Å². The zero-order valence-electron chi connectivity index (χ0n) is 12.5. The third-order valence-corrected chi connectivity index (χ3v) is 3.55. The maximum Gasteiger partial charge on any atom is 0.417 e. The van der Waals surface area contributed by atoms with Crippen LogP contribution in [-0.4, -0.2) is 13.2 Å². The van der Waals surface area contributed by atoms with Crippen LogP contribution in [0.2, 0.25) is 0 Å². The van der Waals surface area contributed by atoms with E-state index in [4.69, 9.17) is 14.7 Å². The smallest absolute Gasteiger partial charge is 0.417 e. The highest BCUT2D eigenvalue weighted by Crippen LogP contribution is 2.34. The molecule has 0 aromatic heterocycles. The van der Waals surface area contributed by atoms with Crippen LogP contribution in [0, 0.1) is 11.3 Å². The maximum atomic E-state index is 13.0. The Morgan fingerprint density at radius 2 is 1.79 bits per heavy atom. The Balaban J connectivity index is 1.76. The van der Waals surface area contributed by atoms with E-state index in [1.165, 1.54) is 6.07 Å². The Kier molecular flexibility index (Phi) is 4.21. The molecule has 124 valence electrons. The number of halogens is 3. The molecule has 1 aliphatic heterocycles. The maximum absolute atomic E-state index is 13.0. The molecular weight excluding hydrogens is 321 g/mol. The van der Waals surface area contributed by atoms with Crippen LogP contribution in [0.4, 0.5) is 18.9 Å². The van der Waals surface area contributed by atoms with Gasteiger partial charge in [0.05, 0.1) is 17.2 Å². The van der Waals surface area contributed by atoms with Crippen LogP contribution in [-0.2, 0) is 12.7 Å². The monoisotopic (exact) mass is 334 g/mol. The molecule has 1 aliphatic rings.